The molecule has 28 heavy (non-hydrogen) atoms. The quantitative estimate of drug-likeness (QED) is 0.655. The van der Waals surface area contributed by atoms with Crippen molar-refractivity contribution in [1.29, 1.82) is 0 Å². The first-order chi connectivity index (χ1) is 13.4. The van der Waals surface area contributed by atoms with Gasteiger partial charge >= 0.3 is 5.69 Å². The van der Waals surface area contributed by atoms with E-state index in [0.717, 1.165) is 22.2 Å². The Bertz CT molecular complexity index is 1200. The largest absolute Gasteiger partial charge is 0.333 e. The molecule has 0 aliphatic carbocycles. The summed E-state index contributed by atoms with van der Waals surface area (Å²) in [5.41, 5.74) is 2.01. The zero-order valence-electron chi connectivity index (χ0n) is 16.2. The second kappa shape index (κ2) is 6.74. The number of rotatable bonds is 3. The summed E-state index contributed by atoms with van der Waals surface area (Å²) in [6.45, 7) is 3.51. The number of hydrogen-bond donors (Lipinski definition) is 0. The molecule has 4 rings (SSSR count). The minimum absolute atomic E-state index is 0.159. The Balaban J connectivity index is 1.85. The van der Waals surface area contributed by atoms with Crippen molar-refractivity contribution in [3.05, 3.63) is 56.4 Å². The van der Waals surface area contributed by atoms with Crippen molar-refractivity contribution in [3.8, 4) is 0 Å². The molecule has 1 aliphatic heterocycles. The van der Waals surface area contributed by atoms with Crippen LogP contribution in [0.5, 0.6) is 0 Å². The Labute approximate surface area is 160 Å². The first-order valence-corrected chi connectivity index (χ1v) is 9.30. The zero-order valence-corrected chi connectivity index (χ0v) is 16.2. The molecular weight excluding hydrogens is 360 g/mol. The highest BCUT2D eigenvalue weighted by molar-refractivity contribution is 5.98. The fraction of sp³-hybridized carbons (Fsp3) is 0.421. The van der Waals surface area contributed by atoms with Crippen LogP contribution in [0, 0.1) is 0 Å². The summed E-state index contributed by atoms with van der Waals surface area (Å²) in [6, 6.07) is 1.62. The average molecular weight is 382 g/mol. The lowest BCUT2D eigenvalue weighted by Crippen LogP contribution is -2.38. The van der Waals surface area contributed by atoms with Gasteiger partial charge in [0.25, 0.3) is 11.5 Å². The number of aryl methyl sites for hydroxylation is 2. The van der Waals surface area contributed by atoms with E-state index in [4.69, 9.17) is 0 Å². The van der Waals surface area contributed by atoms with Crippen molar-refractivity contribution < 1.29 is 4.79 Å². The molecule has 1 amide bonds. The van der Waals surface area contributed by atoms with Crippen LogP contribution < -0.4 is 11.2 Å². The van der Waals surface area contributed by atoms with E-state index in [2.05, 4.69) is 9.97 Å². The molecule has 0 spiro atoms. The summed E-state index contributed by atoms with van der Waals surface area (Å²) in [5, 5.41) is 0.377. The first kappa shape index (κ1) is 18.1. The first-order valence-electron chi connectivity index (χ1n) is 9.30. The van der Waals surface area contributed by atoms with Gasteiger partial charge in [-0.05, 0) is 12.5 Å². The number of aromatic nitrogens is 5. The smallest absolute Gasteiger partial charge is 0.332 e. The Hall–Kier alpha value is -3.23. The highest BCUT2D eigenvalue weighted by Gasteiger charge is 2.27. The van der Waals surface area contributed by atoms with Gasteiger partial charge < -0.3 is 9.47 Å². The summed E-state index contributed by atoms with van der Waals surface area (Å²) in [5.74, 6) is -0.159. The van der Waals surface area contributed by atoms with Crippen LogP contribution in [0.15, 0.2) is 28.2 Å². The van der Waals surface area contributed by atoms with Gasteiger partial charge in [0.05, 0.1) is 11.1 Å². The Kier molecular flexibility index (Phi) is 4.37. The zero-order chi connectivity index (χ0) is 20.0. The summed E-state index contributed by atoms with van der Waals surface area (Å²) >= 11 is 0. The number of amides is 1. The third kappa shape index (κ3) is 2.65. The van der Waals surface area contributed by atoms with Gasteiger partial charge in [-0.3, -0.25) is 18.7 Å². The minimum Gasteiger partial charge on any atom is -0.333 e. The van der Waals surface area contributed by atoms with Gasteiger partial charge in [0.2, 0.25) is 0 Å². The van der Waals surface area contributed by atoms with Crippen LogP contribution in [0.3, 0.4) is 0 Å². The van der Waals surface area contributed by atoms with Gasteiger partial charge in [-0.2, -0.15) is 0 Å². The summed E-state index contributed by atoms with van der Waals surface area (Å²) < 4.78 is 4.29. The predicted octanol–water partition coefficient (Wildman–Crippen LogP) is 0.437. The van der Waals surface area contributed by atoms with Crippen molar-refractivity contribution in [2.45, 2.75) is 32.9 Å². The highest BCUT2D eigenvalue weighted by atomic mass is 16.2. The standard InChI is InChI=1S/C19H22N6O3/c1-4-6-25-15(8-13-16(25)22(2)19(28)23(3)17(13)26)18(27)24-7-5-14-12(10-24)9-20-11-21-14/h8-9,11H,4-7,10H2,1-3H3. The average Bonchev–Trinajstić information content (AvgIpc) is 3.09. The topological polar surface area (TPSA) is 95.0 Å². The molecule has 9 heteroatoms. The molecular formula is C19H22N6O3. The molecule has 0 bridgehead atoms. The van der Waals surface area contributed by atoms with E-state index < -0.39 is 5.69 Å². The molecule has 0 aromatic carbocycles. The lowest BCUT2D eigenvalue weighted by atomic mass is 10.1. The summed E-state index contributed by atoms with van der Waals surface area (Å²) in [4.78, 5) is 48.4. The summed E-state index contributed by atoms with van der Waals surface area (Å²) in [7, 11) is 3.07. The number of carbonyl (C=O) groups excluding carboxylic acids is 1. The van der Waals surface area contributed by atoms with Gasteiger partial charge in [0, 0.05) is 51.9 Å². The van der Waals surface area contributed by atoms with Gasteiger partial charge in [0.15, 0.2) is 0 Å². The third-order valence-corrected chi connectivity index (χ3v) is 5.31. The van der Waals surface area contributed by atoms with E-state index in [1.165, 1.54) is 17.9 Å². The Morgan fingerprint density at radius 3 is 2.75 bits per heavy atom. The molecule has 0 atom stereocenters. The van der Waals surface area contributed by atoms with Crippen LogP contribution in [0.25, 0.3) is 11.0 Å². The molecule has 1 aliphatic rings. The predicted molar refractivity (Wildman–Crippen MR) is 103 cm³/mol. The maximum atomic E-state index is 13.3. The van der Waals surface area contributed by atoms with Crippen molar-refractivity contribution in [1.82, 2.24) is 28.6 Å². The van der Waals surface area contributed by atoms with E-state index >= 15 is 0 Å². The van der Waals surface area contributed by atoms with Gasteiger partial charge in [-0.15, -0.1) is 0 Å². The molecule has 0 N–H and O–H groups in total. The summed E-state index contributed by atoms with van der Waals surface area (Å²) in [6.07, 6.45) is 4.69. The maximum absolute atomic E-state index is 13.3. The monoisotopic (exact) mass is 382 g/mol. The van der Waals surface area contributed by atoms with Crippen LogP contribution in [-0.4, -0.2) is 41.0 Å². The molecule has 9 nitrogen and oxygen atoms in total. The second-order valence-corrected chi connectivity index (χ2v) is 7.10. The molecule has 4 heterocycles. The fourth-order valence-electron chi connectivity index (χ4n) is 3.87. The Morgan fingerprint density at radius 2 is 2.00 bits per heavy atom. The SMILES string of the molecule is CCCn1c(C(=O)N2CCc3ncncc3C2)cc2c(=O)n(C)c(=O)n(C)c21. The molecule has 0 saturated carbocycles. The van der Waals surface area contributed by atoms with E-state index in [-0.39, 0.29) is 11.5 Å². The molecule has 146 valence electrons. The normalized spacial score (nSPS) is 13.8. The third-order valence-electron chi connectivity index (χ3n) is 5.31. The van der Waals surface area contributed by atoms with Gasteiger partial charge in [-0.25, -0.2) is 14.8 Å². The number of hydrogen-bond acceptors (Lipinski definition) is 5. The molecule has 3 aromatic rings. The highest BCUT2D eigenvalue weighted by Crippen LogP contribution is 2.22. The van der Waals surface area contributed by atoms with Crippen molar-refractivity contribution in [2.75, 3.05) is 6.54 Å². The van der Waals surface area contributed by atoms with Crippen LogP contribution in [0.1, 0.15) is 35.1 Å². The second-order valence-electron chi connectivity index (χ2n) is 7.10. The van der Waals surface area contributed by atoms with Gasteiger partial charge in [0.1, 0.15) is 17.7 Å². The van der Waals surface area contributed by atoms with E-state index in [1.807, 2.05) is 6.92 Å². The van der Waals surface area contributed by atoms with Crippen LogP contribution in [0.4, 0.5) is 0 Å². The fourth-order valence-corrected chi connectivity index (χ4v) is 3.87. The molecule has 0 radical (unpaired) electrons. The number of fused-ring (bicyclic) bond motifs is 2. The van der Waals surface area contributed by atoms with Crippen molar-refractivity contribution >= 4 is 16.9 Å². The van der Waals surface area contributed by atoms with E-state index in [0.29, 0.717) is 42.8 Å². The lowest BCUT2D eigenvalue weighted by Gasteiger charge is -2.28. The Morgan fingerprint density at radius 1 is 1.21 bits per heavy atom. The molecule has 0 fully saturated rings. The molecule has 0 saturated heterocycles. The van der Waals surface area contributed by atoms with E-state index in [9.17, 15) is 14.4 Å². The van der Waals surface area contributed by atoms with Crippen LogP contribution in [-0.2, 0) is 33.6 Å². The number of nitrogens with zero attached hydrogens (tertiary/aromatic N) is 6. The van der Waals surface area contributed by atoms with Crippen LogP contribution in [0.2, 0.25) is 0 Å². The van der Waals surface area contributed by atoms with E-state index in [1.54, 1.807) is 28.8 Å². The maximum Gasteiger partial charge on any atom is 0.332 e. The van der Waals surface area contributed by atoms with Crippen LogP contribution >= 0.6 is 0 Å². The van der Waals surface area contributed by atoms with Gasteiger partial charge in [-0.1, -0.05) is 6.92 Å². The lowest BCUT2D eigenvalue weighted by molar-refractivity contribution is 0.0722. The van der Waals surface area contributed by atoms with Crippen molar-refractivity contribution in [2.24, 2.45) is 14.1 Å². The molecule has 3 aromatic heterocycles. The van der Waals surface area contributed by atoms with Crippen molar-refractivity contribution in [3.63, 3.8) is 0 Å². The minimum atomic E-state index is -0.406. The number of carbonyl (C=O) groups is 1. The molecule has 0 unspecified atom stereocenters.